The topological polar surface area (TPSA) is 93.6 Å². The molecule has 6 nitrogen and oxygen atoms in total. The minimum absolute atomic E-state index is 0. The fraction of sp³-hybridized carbons (Fsp3) is 0. The van der Waals surface area contributed by atoms with Gasteiger partial charge in [-0.25, -0.2) is 4.79 Å². The molecule has 97 valence electrons. The number of carbonyl (C=O) groups is 1. The van der Waals surface area contributed by atoms with Gasteiger partial charge in [0.25, 0.3) is 0 Å². The molecule has 2 rings (SSSR count). The number of hydrogen-bond donors (Lipinski definition) is 1. The number of carboxylic acids is 1. The molecule has 0 unspecified atom stereocenters. The minimum Gasteiger partial charge on any atom is -0.478 e. The summed E-state index contributed by atoms with van der Waals surface area (Å²) in [5.41, 5.74) is 0.967. The van der Waals surface area contributed by atoms with Crippen LogP contribution < -0.4 is 0 Å². The fourth-order valence-electron chi connectivity index (χ4n) is 1.45. The van der Waals surface area contributed by atoms with E-state index in [2.05, 4.69) is 0 Å². The molecular weight excluding hydrogens is 273 g/mol. The van der Waals surface area contributed by atoms with E-state index in [4.69, 9.17) is 9.52 Å². The maximum atomic E-state index is 10.7. The molecule has 20 heavy (non-hydrogen) atoms. The largest absolute Gasteiger partial charge is 0.478 e. The van der Waals surface area contributed by atoms with Gasteiger partial charge >= 0.3 is 11.9 Å². The van der Waals surface area contributed by atoms with Crippen molar-refractivity contribution >= 4 is 53.6 Å². The van der Waals surface area contributed by atoms with Gasteiger partial charge in [-0.2, -0.15) is 0 Å². The Morgan fingerprint density at radius 3 is 2.30 bits per heavy atom. The molecule has 0 bridgehead atoms. The van der Waals surface area contributed by atoms with Crippen LogP contribution in [0.3, 0.4) is 0 Å². The number of aromatic carboxylic acids is 1. The van der Waals surface area contributed by atoms with Gasteiger partial charge in [0.1, 0.15) is 10.7 Å². The Balaban J connectivity index is 0.00000200. The minimum atomic E-state index is -0.989. The Labute approximate surface area is 136 Å². The van der Waals surface area contributed by atoms with Crippen LogP contribution >= 0.6 is 0 Å². The summed E-state index contributed by atoms with van der Waals surface area (Å²) in [6, 6.07) is 8.99. The van der Waals surface area contributed by atoms with Crippen LogP contribution in [0.15, 0.2) is 40.8 Å². The molecular formula is C13H9NNaO5. The Kier molecular flexibility index (Phi) is 5.69. The zero-order valence-electron chi connectivity index (χ0n) is 10.6. The van der Waals surface area contributed by atoms with E-state index in [0.717, 1.165) is 5.56 Å². The first-order valence-corrected chi connectivity index (χ1v) is 5.32. The third kappa shape index (κ3) is 4.06. The summed E-state index contributed by atoms with van der Waals surface area (Å²) in [7, 11) is 0. The maximum Gasteiger partial charge on any atom is 0.433 e. The molecule has 0 spiro atoms. The molecule has 1 radical (unpaired) electrons. The first-order chi connectivity index (χ1) is 9.06. The van der Waals surface area contributed by atoms with Crippen molar-refractivity contribution in [2.45, 2.75) is 0 Å². The van der Waals surface area contributed by atoms with Crippen molar-refractivity contribution < 1.29 is 19.2 Å². The molecule has 0 amide bonds. The number of nitrogens with zero attached hydrogens (tertiary/aromatic N) is 1. The molecule has 0 aliphatic heterocycles. The maximum absolute atomic E-state index is 10.7. The molecule has 0 atom stereocenters. The number of benzene rings is 1. The Morgan fingerprint density at radius 1 is 1.15 bits per heavy atom. The molecule has 1 aromatic carbocycles. The van der Waals surface area contributed by atoms with E-state index in [9.17, 15) is 14.9 Å². The van der Waals surface area contributed by atoms with Crippen molar-refractivity contribution in [3.05, 3.63) is 63.4 Å². The van der Waals surface area contributed by atoms with Crippen LogP contribution in [0.1, 0.15) is 21.7 Å². The second-order valence-electron chi connectivity index (χ2n) is 3.69. The van der Waals surface area contributed by atoms with E-state index in [0.29, 0.717) is 5.76 Å². The number of nitro groups is 1. The van der Waals surface area contributed by atoms with E-state index >= 15 is 0 Å². The van der Waals surface area contributed by atoms with Crippen LogP contribution in [-0.2, 0) is 0 Å². The van der Waals surface area contributed by atoms with Crippen molar-refractivity contribution in [3.8, 4) is 0 Å². The van der Waals surface area contributed by atoms with Crippen LogP contribution in [0.4, 0.5) is 5.88 Å². The quantitative estimate of drug-likeness (QED) is 0.528. The number of carboxylic acid groups (broad SMARTS) is 1. The average molecular weight is 282 g/mol. The second kappa shape index (κ2) is 7.04. The molecule has 7 heteroatoms. The van der Waals surface area contributed by atoms with Crippen LogP contribution in [0.2, 0.25) is 0 Å². The van der Waals surface area contributed by atoms with Crippen molar-refractivity contribution in [1.29, 1.82) is 0 Å². The molecule has 0 fully saturated rings. The van der Waals surface area contributed by atoms with E-state index in [1.807, 2.05) is 0 Å². The molecule has 0 aliphatic carbocycles. The number of furan rings is 1. The first kappa shape index (κ1) is 16.2. The van der Waals surface area contributed by atoms with Crippen molar-refractivity contribution in [2.75, 3.05) is 0 Å². The van der Waals surface area contributed by atoms with Crippen LogP contribution in [-0.4, -0.2) is 45.6 Å². The molecule has 1 heterocycles. The summed E-state index contributed by atoms with van der Waals surface area (Å²) in [4.78, 5) is 20.5. The number of hydrogen-bond acceptors (Lipinski definition) is 4. The van der Waals surface area contributed by atoms with Gasteiger partial charge in [-0.15, -0.1) is 0 Å². The Morgan fingerprint density at radius 2 is 1.80 bits per heavy atom. The predicted molar refractivity (Wildman–Crippen MR) is 73.4 cm³/mol. The van der Waals surface area contributed by atoms with Crippen LogP contribution in [0.5, 0.6) is 0 Å². The van der Waals surface area contributed by atoms with Gasteiger partial charge in [0, 0.05) is 29.6 Å². The van der Waals surface area contributed by atoms with E-state index in [-0.39, 0.29) is 41.0 Å². The Hall–Kier alpha value is -1.89. The second-order valence-corrected chi connectivity index (χ2v) is 3.69. The van der Waals surface area contributed by atoms with Crippen LogP contribution in [0.25, 0.3) is 12.2 Å². The summed E-state index contributed by atoms with van der Waals surface area (Å²) in [6.07, 6.45) is 3.25. The normalized spacial score (nSPS) is 10.2. The van der Waals surface area contributed by atoms with Gasteiger partial charge in [-0.05, 0) is 29.8 Å². The monoisotopic (exact) mass is 282 g/mol. The molecule has 0 saturated carbocycles. The SMILES string of the molecule is O=C(O)c1ccc(C=Cc2ccc([N+](=O)[O-])o2)cc1.[Na]. The summed E-state index contributed by atoms with van der Waals surface area (Å²) < 4.78 is 4.95. The fourth-order valence-corrected chi connectivity index (χ4v) is 1.45. The number of rotatable bonds is 4. The van der Waals surface area contributed by atoms with E-state index in [1.54, 1.807) is 24.3 Å². The summed E-state index contributed by atoms with van der Waals surface area (Å²) in [5.74, 6) is -0.952. The summed E-state index contributed by atoms with van der Waals surface area (Å²) >= 11 is 0. The van der Waals surface area contributed by atoms with E-state index in [1.165, 1.54) is 24.3 Å². The summed E-state index contributed by atoms with van der Waals surface area (Å²) in [5, 5.41) is 19.2. The van der Waals surface area contributed by atoms with Crippen molar-refractivity contribution in [1.82, 2.24) is 0 Å². The molecule has 1 aromatic heterocycles. The van der Waals surface area contributed by atoms with Gasteiger partial charge < -0.3 is 9.52 Å². The summed E-state index contributed by atoms with van der Waals surface area (Å²) in [6.45, 7) is 0. The molecule has 1 N–H and O–H groups in total. The zero-order valence-corrected chi connectivity index (χ0v) is 12.6. The van der Waals surface area contributed by atoms with Gasteiger partial charge in [0.2, 0.25) is 0 Å². The smallest absolute Gasteiger partial charge is 0.433 e. The Bertz CT molecular complexity index is 645. The first-order valence-electron chi connectivity index (χ1n) is 5.32. The van der Waals surface area contributed by atoms with Gasteiger partial charge in [0.05, 0.1) is 11.6 Å². The van der Waals surface area contributed by atoms with Crippen molar-refractivity contribution in [3.63, 3.8) is 0 Å². The van der Waals surface area contributed by atoms with Crippen LogP contribution in [0, 0.1) is 10.1 Å². The predicted octanol–water partition coefficient (Wildman–Crippen LogP) is 2.68. The van der Waals surface area contributed by atoms with Gasteiger partial charge in [-0.3, -0.25) is 10.1 Å². The average Bonchev–Trinajstić information content (AvgIpc) is 2.86. The molecule has 0 aliphatic rings. The van der Waals surface area contributed by atoms with Gasteiger partial charge in [0.15, 0.2) is 0 Å². The third-order valence-electron chi connectivity index (χ3n) is 2.39. The van der Waals surface area contributed by atoms with Gasteiger partial charge in [-0.1, -0.05) is 18.2 Å². The standard InChI is InChI=1S/C13H9NO5.Na/c15-13(16)10-4-1-9(2-5-10)3-6-11-7-8-12(19-11)14(17)18;/h1-8H,(H,15,16);. The molecule has 0 saturated heterocycles. The van der Waals surface area contributed by atoms with E-state index < -0.39 is 10.9 Å². The third-order valence-corrected chi connectivity index (χ3v) is 2.39. The zero-order chi connectivity index (χ0) is 13.8. The van der Waals surface area contributed by atoms with Crippen molar-refractivity contribution in [2.24, 2.45) is 0 Å². The molecule has 2 aromatic rings.